The Kier molecular flexibility index (Phi) is 6.25. The number of halogens is 1. The highest BCUT2D eigenvalue weighted by Gasteiger charge is 2.15. The summed E-state index contributed by atoms with van der Waals surface area (Å²) >= 11 is 5.91. The molecule has 0 bridgehead atoms. The van der Waals surface area contributed by atoms with E-state index in [1.165, 1.54) is 12.1 Å². The molecule has 3 aromatic carbocycles. The standard InChI is InChI=1S/C22H21ClN2O3S/c1-15-3-5-17(6-4-15)14-22(26)24-19-8-10-20(11-9-19)29(27,28)25-21-12-7-18(23)13-16(21)2/h3-13,25H,14H2,1-2H3,(H,24,26). The predicted molar refractivity (Wildman–Crippen MR) is 117 cm³/mol. The number of hydrogen-bond acceptors (Lipinski definition) is 3. The zero-order valence-corrected chi connectivity index (χ0v) is 17.6. The van der Waals surface area contributed by atoms with Gasteiger partial charge in [-0.15, -0.1) is 0 Å². The Balaban J connectivity index is 1.67. The molecule has 3 rings (SSSR count). The largest absolute Gasteiger partial charge is 0.326 e. The van der Waals surface area contributed by atoms with Crippen LogP contribution in [-0.2, 0) is 21.2 Å². The lowest BCUT2D eigenvalue weighted by Crippen LogP contribution is -2.15. The summed E-state index contributed by atoms with van der Waals surface area (Å²) in [4.78, 5) is 12.3. The molecule has 0 saturated heterocycles. The van der Waals surface area contributed by atoms with Gasteiger partial charge in [-0.3, -0.25) is 9.52 Å². The summed E-state index contributed by atoms with van der Waals surface area (Å²) in [5.41, 5.74) is 3.76. The second kappa shape index (κ2) is 8.68. The minimum Gasteiger partial charge on any atom is -0.326 e. The quantitative estimate of drug-likeness (QED) is 0.584. The van der Waals surface area contributed by atoms with Crippen molar-refractivity contribution in [1.29, 1.82) is 0 Å². The van der Waals surface area contributed by atoms with Gasteiger partial charge in [0.25, 0.3) is 10.0 Å². The molecule has 5 nitrogen and oxygen atoms in total. The Morgan fingerprint density at radius 1 is 0.931 bits per heavy atom. The van der Waals surface area contributed by atoms with Crippen LogP contribution in [0.4, 0.5) is 11.4 Å². The maximum absolute atomic E-state index is 12.6. The second-order valence-corrected chi connectivity index (χ2v) is 8.92. The van der Waals surface area contributed by atoms with Gasteiger partial charge in [-0.2, -0.15) is 0 Å². The first kappa shape index (κ1) is 20.9. The molecule has 2 N–H and O–H groups in total. The Labute approximate surface area is 175 Å². The van der Waals surface area contributed by atoms with Crippen LogP contribution in [0.3, 0.4) is 0 Å². The average Bonchev–Trinajstić information content (AvgIpc) is 2.66. The van der Waals surface area contributed by atoms with E-state index in [9.17, 15) is 13.2 Å². The van der Waals surface area contributed by atoms with E-state index in [1.807, 2.05) is 31.2 Å². The molecular weight excluding hydrogens is 408 g/mol. The zero-order valence-electron chi connectivity index (χ0n) is 16.1. The maximum Gasteiger partial charge on any atom is 0.261 e. The van der Waals surface area contributed by atoms with E-state index in [2.05, 4.69) is 10.0 Å². The fourth-order valence-electron chi connectivity index (χ4n) is 2.76. The highest BCUT2D eigenvalue weighted by atomic mass is 35.5. The molecule has 7 heteroatoms. The summed E-state index contributed by atoms with van der Waals surface area (Å²) in [5, 5.41) is 3.32. The SMILES string of the molecule is Cc1ccc(CC(=O)Nc2ccc(S(=O)(=O)Nc3ccc(Cl)cc3C)cc2)cc1. The molecule has 0 fully saturated rings. The molecule has 0 aliphatic heterocycles. The number of benzene rings is 3. The zero-order chi connectivity index (χ0) is 21.0. The summed E-state index contributed by atoms with van der Waals surface area (Å²) < 4.78 is 27.8. The first-order valence-electron chi connectivity index (χ1n) is 8.97. The highest BCUT2D eigenvalue weighted by molar-refractivity contribution is 7.92. The van der Waals surface area contributed by atoms with Crippen LogP contribution in [0.1, 0.15) is 16.7 Å². The van der Waals surface area contributed by atoms with Gasteiger partial charge in [-0.05, 0) is 67.4 Å². The number of hydrogen-bond donors (Lipinski definition) is 2. The third-order valence-corrected chi connectivity index (χ3v) is 5.98. The van der Waals surface area contributed by atoms with Gasteiger partial charge in [0.05, 0.1) is 17.0 Å². The molecule has 0 heterocycles. The van der Waals surface area contributed by atoms with E-state index in [-0.39, 0.29) is 17.2 Å². The molecule has 150 valence electrons. The number of carbonyl (C=O) groups excluding carboxylic acids is 1. The topological polar surface area (TPSA) is 75.3 Å². The van der Waals surface area contributed by atoms with Gasteiger partial charge in [-0.25, -0.2) is 8.42 Å². The number of rotatable bonds is 6. The molecule has 0 spiro atoms. The van der Waals surface area contributed by atoms with Crippen molar-refractivity contribution in [2.75, 3.05) is 10.0 Å². The summed E-state index contributed by atoms with van der Waals surface area (Å²) in [6, 6.07) is 18.7. The van der Waals surface area contributed by atoms with E-state index in [0.29, 0.717) is 16.4 Å². The number of amides is 1. The van der Waals surface area contributed by atoms with Gasteiger partial charge in [0.2, 0.25) is 5.91 Å². The van der Waals surface area contributed by atoms with Crippen molar-refractivity contribution >= 4 is 38.9 Å². The lowest BCUT2D eigenvalue weighted by molar-refractivity contribution is -0.115. The molecule has 0 saturated carbocycles. The number of nitrogens with one attached hydrogen (secondary N) is 2. The molecule has 3 aromatic rings. The minimum absolute atomic E-state index is 0.100. The van der Waals surface area contributed by atoms with Crippen LogP contribution in [0.2, 0.25) is 5.02 Å². The number of sulfonamides is 1. The van der Waals surface area contributed by atoms with Crippen molar-refractivity contribution in [2.24, 2.45) is 0 Å². The molecular formula is C22H21ClN2O3S. The third-order valence-electron chi connectivity index (χ3n) is 4.37. The smallest absolute Gasteiger partial charge is 0.261 e. The Hall–Kier alpha value is -2.83. The fraction of sp³-hybridized carbons (Fsp3) is 0.136. The Morgan fingerprint density at radius 3 is 2.21 bits per heavy atom. The molecule has 0 aromatic heterocycles. The van der Waals surface area contributed by atoms with Crippen LogP contribution in [0.5, 0.6) is 0 Å². The van der Waals surface area contributed by atoms with Crippen molar-refractivity contribution in [3.63, 3.8) is 0 Å². The van der Waals surface area contributed by atoms with Gasteiger partial charge in [0.15, 0.2) is 0 Å². The molecule has 1 amide bonds. The average molecular weight is 429 g/mol. The molecule has 29 heavy (non-hydrogen) atoms. The monoisotopic (exact) mass is 428 g/mol. The van der Waals surface area contributed by atoms with Crippen LogP contribution < -0.4 is 10.0 Å². The normalized spacial score (nSPS) is 11.1. The number of aryl methyl sites for hydroxylation is 2. The fourth-order valence-corrected chi connectivity index (χ4v) is 4.12. The molecule has 0 aliphatic rings. The molecule has 0 aliphatic carbocycles. The van der Waals surface area contributed by atoms with Gasteiger partial charge < -0.3 is 5.32 Å². The van der Waals surface area contributed by atoms with E-state index in [0.717, 1.165) is 16.7 Å². The van der Waals surface area contributed by atoms with Crippen LogP contribution in [-0.4, -0.2) is 14.3 Å². The Morgan fingerprint density at radius 2 is 1.59 bits per heavy atom. The molecule has 0 unspecified atom stereocenters. The van der Waals surface area contributed by atoms with Crippen LogP contribution >= 0.6 is 11.6 Å². The highest BCUT2D eigenvalue weighted by Crippen LogP contribution is 2.23. The van der Waals surface area contributed by atoms with Crippen molar-refractivity contribution < 1.29 is 13.2 Å². The van der Waals surface area contributed by atoms with Crippen LogP contribution in [0.25, 0.3) is 0 Å². The number of carbonyl (C=O) groups is 1. The summed E-state index contributed by atoms with van der Waals surface area (Å²) in [6.45, 7) is 3.76. The van der Waals surface area contributed by atoms with E-state index in [1.54, 1.807) is 37.3 Å². The Bertz CT molecular complexity index is 1130. The van der Waals surface area contributed by atoms with Crippen LogP contribution in [0, 0.1) is 13.8 Å². The predicted octanol–water partition coefficient (Wildman–Crippen LogP) is 4.94. The van der Waals surface area contributed by atoms with E-state index >= 15 is 0 Å². The van der Waals surface area contributed by atoms with Crippen molar-refractivity contribution in [3.8, 4) is 0 Å². The summed E-state index contributed by atoms with van der Waals surface area (Å²) in [6.07, 6.45) is 0.248. The lowest BCUT2D eigenvalue weighted by atomic mass is 10.1. The summed E-state index contributed by atoms with van der Waals surface area (Å²) in [5.74, 6) is -0.167. The first-order chi connectivity index (χ1) is 13.7. The third kappa shape index (κ3) is 5.59. The van der Waals surface area contributed by atoms with E-state index in [4.69, 9.17) is 11.6 Å². The van der Waals surface area contributed by atoms with Crippen LogP contribution in [0.15, 0.2) is 71.6 Å². The van der Waals surface area contributed by atoms with Crippen molar-refractivity contribution in [3.05, 3.63) is 88.4 Å². The van der Waals surface area contributed by atoms with Gasteiger partial charge in [0, 0.05) is 10.7 Å². The van der Waals surface area contributed by atoms with Gasteiger partial charge in [0.1, 0.15) is 0 Å². The van der Waals surface area contributed by atoms with Crippen molar-refractivity contribution in [1.82, 2.24) is 0 Å². The summed E-state index contributed by atoms with van der Waals surface area (Å²) in [7, 11) is -3.75. The lowest BCUT2D eigenvalue weighted by Gasteiger charge is -2.12. The van der Waals surface area contributed by atoms with Gasteiger partial charge in [-0.1, -0.05) is 41.4 Å². The number of anilines is 2. The van der Waals surface area contributed by atoms with Gasteiger partial charge >= 0.3 is 0 Å². The second-order valence-electron chi connectivity index (χ2n) is 6.80. The van der Waals surface area contributed by atoms with E-state index < -0.39 is 10.0 Å². The van der Waals surface area contributed by atoms with Crippen molar-refractivity contribution in [2.45, 2.75) is 25.2 Å². The molecule has 0 radical (unpaired) electrons. The molecule has 0 atom stereocenters. The first-order valence-corrected chi connectivity index (χ1v) is 10.8. The minimum atomic E-state index is -3.75. The maximum atomic E-state index is 12.6.